The number of rotatable bonds is 6. The summed E-state index contributed by atoms with van der Waals surface area (Å²) in [4.78, 5) is 15.8. The molecule has 0 atom stereocenters. The molecule has 0 bridgehead atoms. The third-order valence-corrected chi connectivity index (χ3v) is 4.38. The van der Waals surface area contributed by atoms with Crippen LogP contribution in [0.15, 0.2) is 30.6 Å². The summed E-state index contributed by atoms with van der Waals surface area (Å²) in [6, 6.07) is 6.60. The summed E-state index contributed by atoms with van der Waals surface area (Å²) in [5, 5.41) is 7.74. The first kappa shape index (κ1) is 15.7. The van der Waals surface area contributed by atoms with Gasteiger partial charge in [-0.15, -0.1) is 0 Å². The first-order valence-electron chi connectivity index (χ1n) is 8.53. The fourth-order valence-corrected chi connectivity index (χ4v) is 3.20. The van der Waals surface area contributed by atoms with Crippen LogP contribution in [-0.4, -0.2) is 20.7 Å². The van der Waals surface area contributed by atoms with E-state index in [1.54, 1.807) is 0 Å². The standard InChI is InChI=1S/C18H24N4O/c1-2-5-18(23)20-13-15-12-17(14-8-10-19-11-9-14)22(21-15)16-6-3-4-7-16/h8-12,16H,2-7,13H2,1H3,(H,20,23). The zero-order chi connectivity index (χ0) is 16.1. The smallest absolute Gasteiger partial charge is 0.220 e. The van der Waals surface area contributed by atoms with Crippen molar-refractivity contribution >= 4 is 5.91 Å². The fourth-order valence-electron chi connectivity index (χ4n) is 3.20. The molecule has 3 rings (SSSR count). The normalized spacial score (nSPS) is 15.0. The van der Waals surface area contributed by atoms with Crippen LogP contribution in [0.1, 0.15) is 57.2 Å². The fraction of sp³-hybridized carbons (Fsp3) is 0.500. The van der Waals surface area contributed by atoms with E-state index < -0.39 is 0 Å². The van der Waals surface area contributed by atoms with Gasteiger partial charge in [0.2, 0.25) is 5.91 Å². The van der Waals surface area contributed by atoms with Gasteiger partial charge < -0.3 is 5.32 Å². The topological polar surface area (TPSA) is 59.8 Å². The maximum absolute atomic E-state index is 11.7. The van der Waals surface area contributed by atoms with Gasteiger partial charge in [-0.3, -0.25) is 14.5 Å². The largest absolute Gasteiger partial charge is 0.350 e. The molecule has 2 aromatic rings. The van der Waals surface area contributed by atoms with Gasteiger partial charge in [0.1, 0.15) is 0 Å². The molecule has 0 saturated heterocycles. The van der Waals surface area contributed by atoms with Crippen molar-refractivity contribution in [2.75, 3.05) is 0 Å². The summed E-state index contributed by atoms with van der Waals surface area (Å²) in [5.74, 6) is 0.0911. The van der Waals surface area contributed by atoms with E-state index in [1.807, 2.05) is 31.5 Å². The molecule has 0 radical (unpaired) electrons. The Kier molecular flexibility index (Phi) is 5.05. The predicted molar refractivity (Wildman–Crippen MR) is 89.7 cm³/mol. The quantitative estimate of drug-likeness (QED) is 0.888. The van der Waals surface area contributed by atoms with Crippen LogP contribution in [0.25, 0.3) is 11.3 Å². The monoisotopic (exact) mass is 312 g/mol. The molecule has 0 spiro atoms. The van der Waals surface area contributed by atoms with Crippen LogP contribution in [0.2, 0.25) is 0 Å². The molecule has 122 valence electrons. The van der Waals surface area contributed by atoms with E-state index in [1.165, 1.54) is 25.7 Å². The molecule has 0 aliphatic heterocycles. The molecule has 2 heterocycles. The van der Waals surface area contributed by atoms with E-state index in [9.17, 15) is 4.79 Å². The van der Waals surface area contributed by atoms with Gasteiger partial charge in [0.05, 0.1) is 24.0 Å². The minimum atomic E-state index is 0.0911. The molecular formula is C18H24N4O. The van der Waals surface area contributed by atoms with Crippen molar-refractivity contribution < 1.29 is 4.79 Å². The van der Waals surface area contributed by atoms with Crippen molar-refractivity contribution in [1.82, 2.24) is 20.1 Å². The molecule has 1 fully saturated rings. The van der Waals surface area contributed by atoms with E-state index in [4.69, 9.17) is 5.10 Å². The number of hydrogen-bond donors (Lipinski definition) is 1. The number of pyridine rings is 1. The number of amides is 1. The van der Waals surface area contributed by atoms with Gasteiger partial charge in [-0.25, -0.2) is 0 Å². The molecule has 1 N–H and O–H groups in total. The Morgan fingerprint density at radius 3 is 2.74 bits per heavy atom. The van der Waals surface area contributed by atoms with E-state index >= 15 is 0 Å². The highest BCUT2D eigenvalue weighted by Gasteiger charge is 2.22. The lowest BCUT2D eigenvalue weighted by Gasteiger charge is -2.14. The molecule has 1 saturated carbocycles. The zero-order valence-electron chi connectivity index (χ0n) is 13.7. The Morgan fingerprint density at radius 2 is 2.04 bits per heavy atom. The first-order chi connectivity index (χ1) is 11.3. The molecule has 1 amide bonds. The average Bonchev–Trinajstić information content (AvgIpc) is 3.23. The van der Waals surface area contributed by atoms with Gasteiger partial charge >= 0.3 is 0 Å². The Labute approximate surface area is 137 Å². The van der Waals surface area contributed by atoms with Crippen LogP contribution in [-0.2, 0) is 11.3 Å². The molecule has 2 aromatic heterocycles. The molecule has 0 aromatic carbocycles. The average molecular weight is 312 g/mol. The zero-order valence-corrected chi connectivity index (χ0v) is 13.7. The second-order valence-electron chi connectivity index (χ2n) is 6.17. The maximum Gasteiger partial charge on any atom is 0.220 e. The van der Waals surface area contributed by atoms with Gasteiger partial charge in [0, 0.05) is 24.4 Å². The van der Waals surface area contributed by atoms with E-state index in [-0.39, 0.29) is 5.91 Å². The lowest BCUT2D eigenvalue weighted by Crippen LogP contribution is -2.22. The molecule has 5 heteroatoms. The van der Waals surface area contributed by atoms with Gasteiger partial charge in [-0.1, -0.05) is 19.8 Å². The van der Waals surface area contributed by atoms with Crippen molar-refractivity contribution in [3.8, 4) is 11.3 Å². The Bertz CT molecular complexity index is 644. The minimum Gasteiger partial charge on any atom is -0.350 e. The number of aromatic nitrogens is 3. The van der Waals surface area contributed by atoms with Gasteiger partial charge in [-0.2, -0.15) is 5.10 Å². The van der Waals surface area contributed by atoms with Crippen LogP contribution in [0.3, 0.4) is 0 Å². The van der Waals surface area contributed by atoms with Gasteiger partial charge in [-0.05, 0) is 37.5 Å². The van der Waals surface area contributed by atoms with Gasteiger partial charge in [0.15, 0.2) is 0 Å². The second-order valence-corrected chi connectivity index (χ2v) is 6.17. The number of nitrogens with one attached hydrogen (secondary N) is 1. The Hall–Kier alpha value is -2.17. The number of carbonyl (C=O) groups is 1. The van der Waals surface area contributed by atoms with Crippen molar-refractivity contribution in [3.05, 3.63) is 36.3 Å². The highest BCUT2D eigenvalue weighted by Crippen LogP contribution is 2.33. The highest BCUT2D eigenvalue weighted by atomic mass is 16.1. The van der Waals surface area contributed by atoms with E-state index in [0.717, 1.165) is 23.4 Å². The molecule has 23 heavy (non-hydrogen) atoms. The molecule has 0 unspecified atom stereocenters. The minimum absolute atomic E-state index is 0.0911. The Morgan fingerprint density at radius 1 is 1.30 bits per heavy atom. The number of nitrogens with zero attached hydrogens (tertiary/aromatic N) is 3. The third-order valence-electron chi connectivity index (χ3n) is 4.38. The highest BCUT2D eigenvalue weighted by molar-refractivity contribution is 5.75. The maximum atomic E-state index is 11.7. The predicted octanol–water partition coefficient (Wildman–Crippen LogP) is 3.48. The van der Waals surface area contributed by atoms with Crippen molar-refractivity contribution in [1.29, 1.82) is 0 Å². The lowest BCUT2D eigenvalue weighted by atomic mass is 10.1. The summed E-state index contributed by atoms with van der Waals surface area (Å²) in [6.45, 7) is 2.51. The van der Waals surface area contributed by atoms with Crippen LogP contribution in [0.5, 0.6) is 0 Å². The third kappa shape index (κ3) is 3.78. The van der Waals surface area contributed by atoms with Crippen LogP contribution in [0, 0.1) is 0 Å². The number of hydrogen-bond acceptors (Lipinski definition) is 3. The molecule has 5 nitrogen and oxygen atoms in total. The van der Waals surface area contributed by atoms with Crippen molar-refractivity contribution in [2.24, 2.45) is 0 Å². The van der Waals surface area contributed by atoms with Crippen LogP contribution in [0.4, 0.5) is 0 Å². The second kappa shape index (κ2) is 7.40. The lowest BCUT2D eigenvalue weighted by molar-refractivity contribution is -0.121. The summed E-state index contributed by atoms with van der Waals surface area (Å²) < 4.78 is 2.16. The Balaban J connectivity index is 1.83. The van der Waals surface area contributed by atoms with Crippen molar-refractivity contribution in [2.45, 2.75) is 58.0 Å². The van der Waals surface area contributed by atoms with E-state index in [0.29, 0.717) is 19.0 Å². The summed E-state index contributed by atoms with van der Waals surface area (Å²) in [7, 11) is 0. The number of carbonyl (C=O) groups excluding carboxylic acids is 1. The van der Waals surface area contributed by atoms with Gasteiger partial charge in [0.25, 0.3) is 0 Å². The summed E-state index contributed by atoms with van der Waals surface area (Å²) in [6.07, 6.45) is 9.95. The van der Waals surface area contributed by atoms with Crippen LogP contribution >= 0.6 is 0 Å². The first-order valence-corrected chi connectivity index (χ1v) is 8.53. The summed E-state index contributed by atoms with van der Waals surface area (Å²) >= 11 is 0. The molecule has 1 aliphatic carbocycles. The molecule has 1 aliphatic rings. The SMILES string of the molecule is CCCC(=O)NCc1cc(-c2ccncc2)n(C2CCCC2)n1. The van der Waals surface area contributed by atoms with Crippen molar-refractivity contribution in [3.63, 3.8) is 0 Å². The van der Waals surface area contributed by atoms with E-state index in [2.05, 4.69) is 21.0 Å². The molecular weight excluding hydrogens is 288 g/mol. The summed E-state index contributed by atoms with van der Waals surface area (Å²) in [5.41, 5.74) is 3.18. The van der Waals surface area contributed by atoms with Crippen LogP contribution < -0.4 is 5.32 Å².